The molecule has 0 spiro atoms. The number of esters is 1. The smallest absolute Gasteiger partial charge is 0.306 e. The zero-order valence-corrected chi connectivity index (χ0v) is 19.7. The van der Waals surface area contributed by atoms with Crippen molar-refractivity contribution in [2.24, 2.45) is 0 Å². The number of hydrogen-bond donors (Lipinski definition) is 0. The Morgan fingerprint density at radius 3 is 2.47 bits per heavy atom. The van der Waals surface area contributed by atoms with Gasteiger partial charge in [0.05, 0.1) is 25.8 Å². The van der Waals surface area contributed by atoms with Gasteiger partial charge in [0.1, 0.15) is 11.4 Å². The van der Waals surface area contributed by atoms with E-state index in [4.69, 9.17) is 9.47 Å². The fourth-order valence-corrected chi connectivity index (χ4v) is 4.56. The van der Waals surface area contributed by atoms with E-state index >= 15 is 0 Å². The van der Waals surface area contributed by atoms with Crippen molar-refractivity contribution in [2.75, 3.05) is 12.0 Å². The Morgan fingerprint density at radius 1 is 1.20 bits per heavy atom. The minimum Gasteiger partial charge on any atom is -0.497 e. The third-order valence-electron chi connectivity index (χ3n) is 5.00. The van der Waals surface area contributed by atoms with E-state index in [0.717, 1.165) is 32.6 Å². The van der Waals surface area contributed by atoms with Gasteiger partial charge in [0.25, 0.3) is 0 Å². The van der Waals surface area contributed by atoms with Crippen molar-refractivity contribution in [1.82, 2.24) is 0 Å². The number of carbonyl (C=O) groups excluding carboxylic acids is 2. The molecule has 0 radical (unpaired) electrons. The van der Waals surface area contributed by atoms with E-state index in [1.54, 1.807) is 12.0 Å². The molecule has 1 aliphatic heterocycles. The summed E-state index contributed by atoms with van der Waals surface area (Å²) in [7, 11) is 1.63. The maximum atomic E-state index is 13.1. The van der Waals surface area contributed by atoms with Crippen LogP contribution >= 0.6 is 15.9 Å². The van der Waals surface area contributed by atoms with E-state index < -0.39 is 5.60 Å². The highest BCUT2D eigenvalue weighted by Gasteiger charge is 2.35. The molecular weight excluding hydrogens is 446 g/mol. The summed E-state index contributed by atoms with van der Waals surface area (Å²) in [5, 5.41) is 0. The molecule has 2 aromatic rings. The summed E-state index contributed by atoms with van der Waals surface area (Å²) in [6.45, 7) is 8.02. The van der Waals surface area contributed by atoms with Crippen LogP contribution in [-0.2, 0) is 20.9 Å². The second kappa shape index (κ2) is 8.80. The van der Waals surface area contributed by atoms with Crippen molar-refractivity contribution >= 4 is 33.5 Å². The zero-order chi connectivity index (χ0) is 22.1. The highest BCUT2D eigenvalue weighted by molar-refractivity contribution is 9.10. The van der Waals surface area contributed by atoms with Crippen LogP contribution in [0.3, 0.4) is 0 Å². The first-order chi connectivity index (χ1) is 14.1. The van der Waals surface area contributed by atoms with Crippen LogP contribution in [-0.4, -0.2) is 24.6 Å². The normalized spacial score (nSPS) is 16.3. The SMILES string of the molecule is COc1ccc(CN2C(=O)C[C@H](CC(=O)OC(C)(C)C)c3cc(C)cc(Br)c32)cc1. The maximum absolute atomic E-state index is 13.1. The largest absolute Gasteiger partial charge is 0.497 e. The number of halogens is 1. The maximum Gasteiger partial charge on any atom is 0.306 e. The number of methoxy groups -OCH3 is 1. The van der Waals surface area contributed by atoms with Crippen LogP contribution in [0, 0.1) is 6.92 Å². The average molecular weight is 474 g/mol. The van der Waals surface area contributed by atoms with Crippen LogP contribution in [0.5, 0.6) is 5.75 Å². The number of anilines is 1. The van der Waals surface area contributed by atoms with Crippen LogP contribution in [0.25, 0.3) is 0 Å². The quantitative estimate of drug-likeness (QED) is 0.536. The van der Waals surface area contributed by atoms with E-state index in [0.29, 0.717) is 6.54 Å². The predicted octanol–water partition coefficient (Wildman–Crippen LogP) is 5.52. The molecule has 1 heterocycles. The molecule has 0 bridgehead atoms. The number of nitrogens with zero attached hydrogens (tertiary/aromatic N) is 1. The van der Waals surface area contributed by atoms with E-state index in [1.807, 2.05) is 58.0 Å². The molecule has 0 aromatic heterocycles. The van der Waals surface area contributed by atoms with Gasteiger partial charge in [-0.05, 0) is 78.5 Å². The summed E-state index contributed by atoms with van der Waals surface area (Å²) in [4.78, 5) is 27.4. The Kier molecular flexibility index (Phi) is 6.56. The lowest BCUT2D eigenvalue weighted by molar-refractivity contribution is -0.155. The molecule has 0 N–H and O–H groups in total. The minimum absolute atomic E-state index is 0.00331. The summed E-state index contributed by atoms with van der Waals surface area (Å²) >= 11 is 3.65. The molecular formula is C24H28BrNO4. The lowest BCUT2D eigenvalue weighted by Gasteiger charge is -2.35. The van der Waals surface area contributed by atoms with Crippen LogP contribution in [0.4, 0.5) is 5.69 Å². The number of hydrogen-bond acceptors (Lipinski definition) is 4. The van der Waals surface area contributed by atoms with Gasteiger partial charge < -0.3 is 14.4 Å². The number of ether oxygens (including phenoxy) is 2. The van der Waals surface area contributed by atoms with Crippen LogP contribution in [0.15, 0.2) is 40.9 Å². The van der Waals surface area contributed by atoms with Gasteiger partial charge in [-0.1, -0.05) is 18.2 Å². The molecule has 3 rings (SSSR count). The van der Waals surface area contributed by atoms with Gasteiger partial charge >= 0.3 is 5.97 Å². The molecule has 1 amide bonds. The molecule has 1 aliphatic rings. The Balaban J connectivity index is 1.93. The topological polar surface area (TPSA) is 55.8 Å². The van der Waals surface area contributed by atoms with Crippen molar-refractivity contribution in [3.63, 3.8) is 0 Å². The third kappa shape index (κ3) is 5.22. The number of fused-ring (bicyclic) bond motifs is 1. The van der Waals surface area contributed by atoms with Gasteiger partial charge in [0.2, 0.25) is 5.91 Å². The molecule has 0 unspecified atom stereocenters. The van der Waals surface area contributed by atoms with Crippen molar-refractivity contribution < 1.29 is 19.1 Å². The molecule has 0 aliphatic carbocycles. The molecule has 1 atom stereocenters. The first-order valence-electron chi connectivity index (χ1n) is 10.0. The molecule has 0 saturated carbocycles. The Morgan fingerprint density at radius 2 is 1.87 bits per heavy atom. The standard InChI is InChI=1S/C24H28BrNO4/c1-15-10-19-17(13-22(28)30-24(2,3)4)12-21(27)26(23(19)20(25)11-15)14-16-6-8-18(29-5)9-7-16/h6-11,17H,12-14H2,1-5H3/t17-/m1/s1. The third-order valence-corrected chi connectivity index (χ3v) is 5.61. The van der Waals surface area contributed by atoms with Crippen LogP contribution in [0.2, 0.25) is 0 Å². The van der Waals surface area contributed by atoms with Crippen molar-refractivity contribution in [3.05, 3.63) is 57.6 Å². The second-order valence-electron chi connectivity index (χ2n) is 8.70. The van der Waals surface area contributed by atoms with E-state index in [-0.39, 0.29) is 30.6 Å². The van der Waals surface area contributed by atoms with Crippen LogP contribution in [0.1, 0.15) is 56.2 Å². The number of aryl methyl sites for hydroxylation is 1. The predicted molar refractivity (Wildman–Crippen MR) is 121 cm³/mol. The lowest BCUT2D eigenvalue weighted by atomic mass is 9.85. The van der Waals surface area contributed by atoms with Gasteiger partial charge in [0.15, 0.2) is 0 Å². The second-order valence-corrected chi connectivity index (χ2v) is 9.56. The molecule has 0 fully saturated rings. The van der Waals surface area contributed by atoms with Gasteiger partial charge in [-0.15, -0.1) is 0 Å². The Labute approximate surface area is 186 Å². The summed E-state index contributed by atoms with van der Waals surface area (Å²) in [6.07, 6.45) is 0.459. The number of amides is 1. The molecule has 160 valence electrons. The summed E-state index contributed by atoms with van der Waals surface area (Å²) in [5.74, 6) is 0.285. The van der Waals surface area contributed by atoms with Crippen LogP contribution < -0.4 is 9.64 Å². The summed E-state index contributed by atoms with van der Waals surface area (Å²) in [5.41, 5.74) is 3.37. The fraction of sp³-hybridized carbons (Fsp3) is 0.417. The van der Waals surface area contributed by atoms with Gasteiger partial charge in [-0.25, -0.2) is 0 Å². The van der Waals surface area contributed by atoms with E-state index in [1.165, 1.54) is 0 Å². The minimum atomic E-state index is -0.549. The van der Waals surface area contributed by atoms with Crippen molar-refractivity contribution in [1.29, 1.82) is 0 Å². The summed E-state index contributed by atoms with van der Waals surface area (Å²) < 4.78 is 11.6. The fourth-order valence-electron chi connectivity index (χ4n) is 3.76. The highest BCUT2D eigenvalue weighted by Crippen LogP contribution is 2.44. The average Bonchev–Trinajstić information content (AvgIpc) is 2.63. The first-order valence-corrected chi connectivity index (χ1v) is 10.8. The first kappa shape index (κ1) is 22.3. The zero-order valence-electron chi connectivity index (χ0n) is 18.1. The highest BCUT2D eigenvalue weighted by atomic mass is 79.9. The molecule has 30 heavy (non-hydrogen) atoms. The van der Waals surface area contributed by atoms with Gasteiger partial charge in [-0.2, -0.15) is 0 Å². The number of benzene rings is 2. The van der Waals surface area contributed by atoms with E-state index in [9.17, 15) is 9.59 Å². The van der Waals surface area contributed by atoms with Crippen molar-refractivity contribution in [3.8, 4) is 5.75 Å². The van der Waals surface area contributed by atoms with E-state index in [2.05, 4.69) is 22.0 Å². The number of rotatable bonds is 5. The number of carbonyl (C=O) groups is 2. The molecule has 5 nitrogen and oxygen atoms in total. The molecule has 0 saturated heterocycles. The van der Waals surface area contributed by atoms with Gasteiger partial charge in [0, 0.05) is 16.8 Å². The van der Waals surface area contributed by atoms with Gasteiger partial charge in [-0.3, -0.25) is 9.59 Å². The lowest BCUT2D eigenvalue weighted by Crippen LogP contribution is -2.37. The molecule has 2 aromatic carbocycles. The molecule has 6 heteroatoms. The Bertz CT molecular complexity index is 947. The Hall–Kier alpha value is -2.34. The monoisotopic (exact) mass is 473 g/mol. The van der Waals surface area contributed by atoms with Crippen molar-refractivity contribution in [2.45, 2.75) is 58.6 Å². The summed E-state index contributed by atoms with van der Waals surface area (Å²) in [6, 6.07) is 11.8.